The second-order valence-electron chi connectivity index (χ2n) is 6.18. The highest BCUT2D eigenvalue weighted by molar-refractivity contribution is 5.16. The number of rotatable bonds is 5. The van der Waals surface area contributed by atoms with Crippen LogP contribution in [0.2, 0.25) is 0 Å². The van der Waals surface area contributed by atoms with Gasteiger partial charge in [0.05, 0.1) is 30.9 Å². The number of likely N-dealkylation sites (tertiary alicyclic amines) is 1. The molecule has 4 rings (SSSR count). The van der Waals surface area contributed by atoms with Crippen LogP contribution in [0, 0.1) is 5.92 Å². The van der Waals surface area contributed by atoms with Gasteiger partial charge >= 0.3 is 0 Å². The molecule has 0 aliphatic carbocycles. The van der Waals surface area contributed by atoms with Crippen molar-refractivity contribution in [3.8, 4) is 5.75 Å². The third-order valence-corrected chi connectivity index (χ3v) is 4.65. The van der Waals surface area contributed by atoms with Gasteiger partial charge in [-0.25, -0.2) is 0 Å². The SMILES string of the molecule is c1cncc(OCC2CCOC23CN(Cc2ccoc2)C3)c1. The lowest BCUT2D eigenvalue weighted by atomic mass is 9.81. The van der Waals surface area contributed by atoms with Crippen LogP contribution in [0.15, 0.2) is 47.5 Å². The Morgan fingerprint density at radius 3 is 3.09 bits per heavy atom. The minimum atomic E-state index is -0.0219. The van der Waals surface area contributed by atoms with E-state index in [0.717, 1.165) is 38.4 Å². The fourth-order valence-corrected chi connectivity index (χ4v) is 3.46. The highest BCUT2D eigenvalue weighted by Gasteiger charge is 2.53. The Morgan fingerprint density at radius 1 is 1.36 bits per heavy atom. The van der Waals surface area contributed by atoms with Crippen LogP contribution in [0.3, 0.4) is 0 Å². The lowest BCUT2D eigenvalue weighted by Gasteiger charge is -2.50. The molecule has 2 aromatic heterocycles. The molecule has 2 aromatic rings. The van der Waals surface area contributed by atoms with Gasteiger partial charge in [0.2, 0.25) is 0 Å². The molecule has 5 heteroatoms. The number of hydrogen-bond donors (Lipinski definition) is 0. The van der Waals surface area contributed by atoms with E-state index in [1.807, 2.05) is 24.5 Å². The predicted octanol–water partition coefficient (Wildman–Crippen LogP) is 2.34. The normalized spacial score (nSPS) is 23.5. The van der Waals surface area contributed by atoms with Crippen LogP contribution in [-0.2, 0) is 11.3 Å². The Labute approximate surface area is 129 Å². The summed E-state index contributed by atoms with van der Waals surface area (Å²) in [5.41, 5.74) is 1.20. The van der Waals surface area contributed by atoms with E-state index < -0.39 is 0 Å². The average molecular weight is 300 g/mol. The first-order valence-corrected chi connectivity index (χ1v) is 7.74. The van der Waals surface area contributed by atoms with Crippen molar-refractivity contribution in [2.45, 2.75) is 18.6 Å². The highest BCUT2D eigenvalue weighted by atomic mass is 16.5. The van der Waals surface area contributed by atoms with Crippen LogP contribution in [0.1, 0.15) is 12.0 Å². The summed E-state index contributed by atoms with van der Waals surface area (Å²) in [6.07, 6.45) is 8.12. The minimum Gasteiger partial charge on any atom is -0.492 e. The molecule has 0 saturated carbocycles. The molecule has 1 atom stereocenters. The van der Waals surface area contributed by atoms with Crippen molar-refractivity contribution < 1.29 is 13.9 Å². The third kappa shape index (κ3) is 2.62. The lowest BCUT2D eigenvalue weighted by Crippen LogP contribution is -2.64. The van der Waals surface area contributed by atoms with Gasteiger partial charge in [-0.05, 0) is 24.6 Å². The van der Waals surface area contributed by atoms with Gasteiger partial charge in [-0.3, -0.25) is 9.88 Å². The first-order chi connectivity index (χ1) is 10.8. The summed E-state index contributed by atoms with van der Waals surface area (Å²) < 4.78 is 17.1. The van der Waals surface area contributed by atoms with E-state index in [1.54, 1.807) is 18.7 Å². The van der Waals surface area contributed by atoms with Crippen molar-refractivity contribution in [2.75, 3.05) is 26.3 Å². The van der Waals surface area contributed by atoms with Gasteiger partial charge in [0.25, 0.3) is 0 Å². The van der Waals surface area contributed by atoms with Crippen molar-refractivity contribution in [3.05, 3.63) is 48.7 Å². The lowest BCUT2D eigenvalue weighted by molar-refractivity contribution is -0.140. The van der Waals surface area contributed by atoms with E-state index in [4.69, 9.17) is 13.9 Å². The molecule has 0 amide bonds. The van der Waals surface area contributed by atoms with Crippen molar-refractivity contribution in [1.29, 1.82) is 0 Å². The van der Waals surface area contributed by atoms with E-state index in [2.05, 4.69) is 9.88 Å². The van der Waals surface area contributed by atoms with Crippen molar-refractivity contribution in [3.63, 3.8) is 0 Å². The first kappa shape index (κ1) is 13.8. The zero-order valence-corrected chi connectivity index (χ0v) is 12.5. The van der Waals surface area contributed by atoms with E-state index in [-0.39, 0.29) is 5.60 Å². The molecule has 0 aromatic carbocycles. The Balaban J connectivity index is 1.32. The molecule has 2 saturated heterocycles. The second kappa shape index (κ2) is 5.74. The van der Waals surface area contributed by atoms with Crippen LogP contribution in [0.5, 0.6) is 5.75 Å². The Hall–Kier alpha value is -1.85. The van der Waals surface area contributed by atoms with Crippen molar-refractivity contribution in [2.24, 2.45) is 5.92 Å². The Kier molecular flexibility index (Phi) is 3.60. The van der Waals surface area contributed by atoms with Gasteiger partial charge in [0, 0.05) is 43.9 Å². The average Bonchev–Trinajstić information content (AvgIpc) is 3.15. The molecule has 4 heterocycles. The van der Waals surface area contributed by atoms with Crippen LogP contribution in [0.4, 0.5) is 0 Å². The predicted molar refractivity (Wildman–Crippen MR) is 80.5 cm³/mol. The second-order valence-corrected chi connectivity index (χ2v) is 6.18. The summed E-state index contributed by atoms with van der Waals surface area (Å²) in [4.78, 5) is 6.48. The molecule has 1 spiro atoms. The number of pyridine rings is 1. The maximum absolute atomic E-state index is 6.07. The quantitative estimate of drug-likeness (QED) is 0.848. The number of nitrogens with zero attached hydrogens (tertiary/aromatic N) is 2. The zero-order chi connectivity index (χ0) is 14.8. The Morgan fingerprint density at radius 2 is 2.32 bits per heavy atom. The van der Waals surface area contributed by atoms with E-state index >= 15 is 0 Å². The van der Waals surface area contributed by atoms with Crippen molar-refractivity contribution in [1.82, 2.24) is 9.88 Å². The summed E-state index contributed by atoms with van der Waals surface area (Å²) in [7, 11) is 0. The maximum Gasteiger partial charge on any atom is 0.137 e. The van der Waals surface area contributed by atoms with Gasteiger partial charge in [0.1, 0.15) is 5.75 Å². The molecule has 2 fully saturated rings. The van der Waals surface area contributed by atoms with Gasteiger partial charge in [-0.1, -0.05) is 0 Å². The van der Waals surface area contributed by atoms with Crippen LogP contribution in [0.25, 0.3) is 0 Å². The molecule has 116 valence electrons. The largest absolute Gasteiger partial charge is 0.492 e. The zero-order valence-electron chi connectivity index (χ0n) is 12.5. The minimum absolute atomic E-state index is 0.0219. The van der Waals surface area contributed by atoms with Crippen LogP contribution >= 0.6 is 0 Å². The monoisotopic (exact) mass is 300 g/mol. The summed E-state index contributed by atoms with van der Waals surface area (Å²) >= 11 is 0. The fraction of sp³-hybridized carbons (Fsp3) is 0.471. The molecular formula is C17H20N2O3. The maximum atomic E-state index is 6.07. The number of ether oxygens (including phenoxy) is 2. The van der Waals surface area contributed by atoms with Gasteiger partial charge in [-0.2, -0.15) is 0 Å². The topological polar surface area (TPSA) is 47.7 Å². The molecule has 1 unspecified atom stereocenters. The molecular weight excluding hydrogens is 280 g/mol. The van der Waals surface area contributed by atoms with E-state index in [9.17, 15) is 0 Å². The van der Waals surface area contributed by atoms with E-state index in [0.29, 0.717) is 12.5 Å². The van der Waals surface area contributed by atoms with Gasteiger partial charge in [-0.15, -0.1) is 0 Å². The number of aromatic nitrogens is 1. The fourth-order valence-electron chi connectivity index (χ4n) is 3.46. The summed E-state index contributed by atoms with van der Waals surface area (Å²) in [6, 6.07) is 5.86. The highest BCUT2D eigenvalue weighted by Crippen LogP contribution is 2.40. The smallest absolute Gasteiger partial charge is 0.137 e. The van der Waals surface area contributed by atoms with Crippen LogP contribution < -0.4 is 4.74 Å². The molecule has 2 aliphatic rings. The van der Waals surface area contributed by atoms with Crippen molar-refractivity contribution >= 4 is 0 Å². The van der Waals surface area contributed by atoms with Gasteiger partial charge in [0.15, 0.2) is 0 Å². The standard InChI is InChI=1S/C17H20N2O3/c1-2-16(8-18-5-1)21-11-15-4-7-22-17(15)12-19(13-17)9-14-3-6-20-10-14/h1-3,5-6,8,10,15H,4,7,9,11-13H2. The van der Waals surface area contributed by atoms with Crippen LogP contribution in [-0.4, -0.2) is 41.8 Å². The summed E-state index contributed by atoms with van der Waals surface area (Å²) in [5.74, 6) is 1.28. The summed E-state index contributed by atoms with van der Waals surface area (Å²) in [5, 5.41) is 0. The van der Waals surface area contributed by atoms with E-state index in [1.165, 1.54) is 5.56 Å². The number of furan rings is 1. The molecule has 0 N–H and O–H groups in total. The molecule has 2 aliphatic heterocycles. The Bertz CT molecular complexity index is 594. The first-order valence-electron chi connectivity index (χ1n) is 7.74. The summed E-state index contributed by atoms with van der Waals surface area (Å²) in [6.45, 7) is 4.40. The molecule has 22 heavy (non-hydrogen) atoms. The number of hydrogen-bond acceptors (Lipinski definition) is 5. The molecule has 0 bridgehead atoms. The molecule has 5 nitrogen and oxygen atoms in total. The molecule has 0 radical (unpaired) electrons. The third-order valence-electron chi connectivity index (χ3n) is 4.65. The van der Waals surface area contributed by atoms with Gasteiger partial charge < -0.3 is 13.9 Å².